The zero-order chi connectivity index (χ0) is 15.7. The third kappa shape index (κ3) is 2.78. The summed E-state index contributed by atoms with van der Waals surface area (Å²) in [6, 6.07) is 0. The summed E-state index contributed by atoms with van der Waals surface area (Å²) in [6.07, 6.45) is 0.738. The van der Waals surface area contributed by atoms with E-state index in [9.17, 15) is 9.90 Å². The maximum Gasteiger partial charge on any atom is 0.358 e. The summed E-state index contributed by atoms with van der Waals surface area (Å²) in [4.78, 5) is 11.2. The molecule has 0 spiro atoms. The number of hydrogen-bond donors (Lipinski definition) is 1. The fourth-order valence-electron chi connectivity index (χ4n) is 2.29. The van der Waals surface area contributed by atoms with Crippen LogP contribution in [0, 0.1) is 0 Å². The lowest BCUT2D eigenvalue weighted by atomic mass is 10.1. The van der Waals surface area contributed by atoms with Crippen LogP contribution in [0.15, 0.2) is 0 Å². The first-order chi connectivity index (χ1) is 9.86. The summed E-state index contributed by atoms with van der Waals surface area (Å²) in [5, 5.41) is 21.9. The minimum atomic E-state index is -1.07. The van der Waals surface area contributed by atoms with Crippen LogP contribution < -0.4 is 0 Å². The predicted molar refractivity (Wildman–Crippen MR) is 77.8 cm³/mol. The van der Waals surface area contributed by atoms with Gasteiger partial charge in [-0.05, 0) is 12.3 Å². The molecule has 7 nitrogen and oxygen atoms in total. The molecule has 0 aliphatic heterocycles. The summed E-state index contributed by atoms with van der Waals surface area (Å²) in [7, 11) is 1.81. The SMILES string of the molecule is CCc1nn(C)c(Cn2nnc(C(=O)O)c2C(C)C)c1Cl. The third-order valence-electron chi connectivity index (χ3n) is 3.33. The maximum absolute atomic E-state index is 11.2. The van der Waals surface area contributed by atoms with E-state index in [0.717, 1.165) is 17.8 Å². The van der Waals surface area contributed by atoms with E-state index in [2.05, 4.69) is 15.4 Å². The molecule has 0 aliphatic carbocycles. The molecule has 8 heteroatoms. The summed E-state index contributed by atoms with van der Waals surface area (Å²) in [6.45, 7) is 6.14. The van der Waals surface area contributed by atoms with Crippen LogP contribution >= 0.6 is 11.6 Å². The Balaban J connectivity index is 2.45. The van der Waals surface area contributed by atoms with Crippen LogP contribution in [-0.4, -0.2) is 35.9 Å². The van der Waals surface area contributed by atoms with Gasteiger partial charge in [0.2, 0.25) is 0 Å². The molecule has 2 heterocycles. The smallest absolute Gasteiger partial charge is 0.358 e. The maximum atomic E-state index is 11.2. The molecule has 0 radical (unpaired) electrons. The molecule has 21 heavy (non-hydrogen) atoms. The molecule has 2 rings (SSSR count). The largest absolute Gasteiger partial charge is 0.476 e. The molecule has 0 fully saturated rings. The van der Waals surface area contributed by atoms with Crippen molar-refractivity contribution in [2.24, 2.45) is 7.05 Å². The molecule has 0 saturated heterocycles. The van der Waals surface area contributed by atoms with E-state index in [1.165, 1.54) is 0 Å². The van der Waals surface area contributed by atoms with E-state index in [-0.39, 0.29) is 11.6 Å². The normalized spacial score (nSPS) is 11.3. The highest BCUT2D eigenvalue weighted by atomic mass is 35.5. The quantitative estimate of drug-likeness (QED) is 0.913. The molecule has 0 aromatic carbocycles. The lowest BCUT2D eigenvalue weighted by molar-refractivity contribution is 0.0688. The second kappa shape index (κ2) is 5.85. The van der Waals surface area contributed by atoms with E-state index < -0.39 is 5.97 Å². The van der Waals surface area contributed by atoms with Crippen molar-refractivity contribution in [2.75, 3.05) is 0 Å². The number of carbonyl (C=O) groups is 1. The Bertz CT molecular complexity index is 674. The van der Waals surface area contributed by atoms with Gasteiger partial charge in [0.25, 0.3) is 0 Å². The minimum Gasteiger partial charge on any atom is -0.476 e. The van der Waals surface area contributed by atoms with Crippen LogP contribution in [0.3, 0.4) is 0 Å². The highest BCUT2D eigenvalue weighted by Gasteiger charge is 2.23. The minimum absolute atomic E-state index is 0.0104. The number of aromatic carboxylic acids is 1. The van der Waals surface area contributed by atoms with Gasteiger partial charge in [0.15, 0.2) is 5.69 Å². The van der Waals surface area contributed by atoms with Gasteiger partial charge in [0.1, 0.15) is 0 Å². The monoisotopic (exact) mass is 311 g/mol. The van der Waals surface area contributed by atoms with E-state index in [4.69, 9.17) is 11.6 Å². The molecule has 0 unspecified atom stereocenters. The molecular formula is C13H18ClN5O2. The standard InChI is InChI=1S/C13H18ClN5O2/c1-5-8-10(14)9(18(4)16-8)6-19-12(7(2)3)11(13(20)21)15-17-19/h7H,5-6H2,1-4H3,(H,20,21). The summed E-state index contributed by atoms with van der Waals surface area (Å²) >= 11 is 6.32. The van der Waals surface area contributed by atoms with Crippen LogP contribution in [0.2, 0.25) is 5.02 Å². The fraction of sp³-hybridized carbons (Fsp3) is 0.538. The average Bonchev–Trinajstić information content (AvgIpc) is 2.95. The van der Waals surface area contributed by atoms with E-state index in [1.807, 2.05) is 27.8 Å². The van der Waals surface area contributed by atoms with Crippen molar-refractivity contribution in [3.05, 3.63) is 27.8 Å². The number of halogens is 1. The average molecular weight is 312 g/mol. The number of carboxylic acids is 1. The molecular weight excluding hydrogens is 294 g/mol. The molecule has 0 atom stereocenters. The van der Waals surface area contributed by atoms with Crippen LogP contribution in [0.5, 0.6) is 0 Å². The topological polar surface area (TPSA) is 85.8 Å². The van der Waals surface area contributed by atoms with Crippen molar-refractivity contribution in [3.8, 4) is 0 Å². The van der Waals surface area contributed by atoms with Crippen LogP contribution in [0.25, 0.3) is 0 Å². The number of hydrogen-bond acceptors (Lipinski definition) is 4. The van der Waals surface area contributed by atoms with Gasteiger partial charge in [-0.25, -0.2) is 9.48 Å². The number of aryl methyl sites for hydroxylation is 2. The predicted octanol–water partition coefficient (Wildman–Crippen LogP) is 2.10. The van der Waals surface area contributed by atoms with E-state index in [0.29, 0.717) is 17.3 Å². The first kappa shape index (κ1) is 15.5. The van der Waals surface area contributed by atoms with Gasteiger partial charge in [-0.15, -0.1) is 5.10 Å². The van der Waals surface area contributed by atoms with Crippen molar-refractivity contribution in [2.45, 2.75) is 39.7 Å². The summed E-state index contributed by atoms with van der Waals surface area (Å²) in [5.41, 5.74) is 2.17. The van der Waals surface area contributed by atoms with Gasteiger partial charge in [-0.3, -0.25) is 4.68 Å². The summed E-state index contributed by atoms with van der Waals surface area (Å²) < 4.78 is 3.28. The van der Waals surface area contributed by atoms with Gasteiger partial charge < -0.3 is 5.11 Å². The number of aromatic nitrogens is 5. The van der Waals surface area contributed by atoms with Crippen LogP contribution in [0.1, 0.15) is 54.3 Å². The Morgan fingerprint density at radius 1 is 1.43 bits per heavy atom. The van der Waals surface area contributed by atoms with Gasteiger partial charge >= 0.3 is 5.97 Å². The van der Waals surface area contributed by atoms with Crippen LogP contribution in [0.4, 0.5) is 0 Å². The van der Waals surface area contributed by atoms with Crippen molar-refractivity contribution >= 4 is 17.6 Å². The van der Waals surface area contributed by atoms with Crippen molar-refractivity contribution in [3.63, 3.8) is 0 Å². The van der Waals surface area contributed by atoms with Crippen LogP contribution in [-0.2, 0) is 20.0 Å². The second-order valence-electron chi connectivity index (χ2n) is 5.13. The zero-order valence-corrected chi connectivity index (χ0v) is 13.2. The molecule has 0 saturated carbocycles. The Morgan fingerprint density at radius 2 is 2.10 bits per heavy atom. The number of nitrogens with zero attached hydrogens (tertiary/aromatic N) is 5. The highest BCUT2D eigenvalue weighted by Crippen LogP contribution is 2.24. The van der Waals surface area contributed by atoms with Crippen molar-refractivity contribution < 1.29 is 9.90 Å². The summed E-state index contributed by atoms with van der Waals surface area (Å²) in [5.74, 6) is -1.08. The number of rotatable bonds is 5. The first-order valence-corrected chi connectivity index (χ1v) is 7.11. The Morgan fingerprint density at radius 3 is 2.57 bits per heavy atom. The zero-order valence-electron chi connectivity index (χ0n) is 12.5. The van der Waals surface area contributed by atoms with Gasteiger partial charge in [-0.2, -0.15) is 5.10 Å². The van der Waals surface area contributed by atoms with Crippen molar-refractivity contribution in [1.82, 2.24) is 24.8 Å². The molecule has 0 bridgehead atoms. The molecule has 2 aromatic heterocycles. The Labute approximate surface area is 127 Å². The molecule has 1 N–H and O–H groups in total. The van der Waals surface area contributed by atoms with Gasteiger partial charge in [0.05, 0.1) is 28.6 Å². The highest BCUT2D eigenvalue weighted by molar-refractivity contribution is 6.31. The van der Waals surface area contributed by atoms with E-state index in [1.54, 1.807) is 9.36 Å². The Kier molecular flexibility index (Phi) is 4.32. The molecule has 114 valence electrons. The molecule has 0 aliphatic rings. The van der Waals surface area contributed by atoms with Crippen molar-refractivity contribution in [1.29, 1.82) is 0 Å². The van der Waals surface area contributed by atoms with E-state index >= 15 is 0 Å². The molecule has 0 amide bonds. The van der Waals surface area contributed by atoms with Gasteiger partial charge in [-0.1, -0.05) is 37.6 Å². The number of carboxylic acid groups (broad SMARTS) is 1. The molecule has 2 aromatic rings. The third-order valence-corrected chi connectivity index (χ3v) is 3.76. The second-order valence-corrected chi connectivity index (χ2v) is 5.50. The Hall–Kier alpha value is -1.89. The first-order valence-electron chi connectivity index (χ1n) is 6.73. The lowest BCUT2D eigenvalue weighted by Gasteiger charge is -2.10. The fourth-order valence-corrected chi connectivity index (χ4v) is 2.65. The lowest BCUT2D eigenvalue weighted by Crippen LogP contribution is -2.13. The van der Waals surface area contributed by atoms with Gasteiger partial charge in [0, 0.05) is 7.05 Å².